The van der Waals surface area contributed by atoms with Crippen LogP contribution < -0.4 is 10.6 Å². The lowest BCUT2D eigenvalue weighted by Gasteiger charge is -2.47. The van der Waals surface area contributed by atoms with E-state index in [0.717, 1.165) is 5.92 Å². The molecule has 3 rings (SSSR count). The van der Waals surface area contributed by atoms with E-state index in [9.17, 15) is 0 Å². The van der Waals surface area contributed by atoms with Crippen LogP contribution in [0.3, 0.4) is 0 Å². The maximum absolute atomic E-state index is 4.00. The SMILES string of the molecule is CC1(C)CC(NC(c2cccs2)C2CC2)CC(C)(C)N1. The van der Waals surface area contributed by atoms with E-state index in [0.29, 0.717) is 12.1 Å². The predicted molar refractivity (Wildman–Crippen MR) is 87.2 cm³/mol. The second-order valence-electron chi connectivity index (χ2n) is 8.00. The van der Waals surface area contributed by atoms with E-state index in [4.69, 9.17) is 0 Å². The third kappa shape index (κ3) is 3.44. The number of hydrogen-bond acceptors (Lipinski definition) is 3. The molecular weight excluding hydrogens is 264 g/mol. The molecule has 1 aromatic heterocycles. The maximum atomic E-state index is 4.00. The first-order chi connectivity index (χ1) is 9.35. The molecule has 3 heteroatoms. The average molecular weight is 292 g/mol. The maximum Gasteiger partial charge on any atom is 0.0445 e. The molecule has 1 saturated carbocycles. The fraction of sp³-hybridized carbons (Fsp3) is 0.765. The number of nitrogens with one attached hydrogen (secondary N) is 2. The minimum atomic E-state index is 0.225. The molecule has 2 nitrogen and oxygen atoms in total. The van der Waals surface area contributed by atoms with Gasteiger partial charge in [-0.25, -0.2) is 0 Å². The summed E-state index contributed by atoms with van der Waals surface area (Å²) in [5.74, 6) is 0.870. The Bertz CT molecular complexity index is 430. The molecule has 2 N–H and O–H groups in total. The van der Waals surface area contributed by atoms with Crippen LogP contribution in [0.15, 0.2) is 17.5 Å². The summed E-state index contributed by atoms with van der Waals surface area (Å²) in [6.45, 7) is 9.33. The Labute approximate surface area is 127 Å². The van der Waals surface area contributed by atoms with Crippen LogP contribution in [0.2, 0.25) is 0 Å². The minimum Gasteiger partial charge on any atom is -0.307 e. The van der Waals surface area contributed by atoms with Gasteiger partial charge in [-0.3, -0.25) is 0 Å². The fourth-order valence-corrected chi connectivity index (χ4v) is 4.92. The minimum absolute atomic E-state index is 0.225. The van der Waals surface area contributed by atoms with Crippen LogP contribution in [0, 0.1) is 5.92 Å². The molecule has 1 aliphatic carbocycles. The van der Waals surface area contributed by atoms with E-state index in [-0.39, 0.29) is 11.1 Å². The van der Waals surface area contributed by atoms with Gasteiger partial charge in [-0.2, -0.15) is 0 Å². The van der Waals surface area contributed by atoms with Gasteiger partial charge in [-0.05, 0) is 70.7 Å². The van der Waals surface area contributed by atoms with E-state index in [1.165, 1.54) is 30.6 Å². The second kappa shape index (κ2) is 5.11. The van der Waals surface area contributed by atoms with Crippen LogP contribution in [-0.2, 0) is 0 Å². The Morgan fingerprint density at radius 1 is 1.20 bits per heavy atom. The van der Waals surface area contributed by atoms with Crippen LogP contribution in [0.1, 0.15) is 64.3 Å². The average Bonchev–Trinajstić information content (AvgIpc) is 2.97. The van der Waals surface area contributed by atoms with Crippen LogP contribution in [0.5, 0.6) is 0 Å². The zero-order chi connectivity index (χ0) is 14.4. The van der Waals surface area contributed by atoms with Crippen molar-refractivity contribution in [1.29, 1.82) is 0 Å². The molecule has 2 fully saturated rings. The lowest BCUT2D eigenvalue weighted by molar-refractivity contribution is 0.137. The second-order valence-corrected chi connectivity index (χ2v) is 8.97. The molecule has 1 atom stereocenters. The fourth-order valence-electron chi connectivity index (χ4n) is 4.04. The Morgan fingerprint density at radius 2 is 1.85 bits per heavy atom. The van der Waals surface area contributed by atoms with Crippen molar-refractivity contribution in [3.05, 3.63) is 22.4 Å². The van der Waals surface area contributed by atoms with E-state index < -0.39 is 0 Å². The summed E-state index contributed by atoms with van der Waals surface area (Å²) in [5.41, 5.74) is 0.450. The highest BCUT2D eigenvalue weighted by molar-refractivity contribution is 7.10. The molecule has 1 saturated heterocycles. The van der Waals surface area contributed by atoms with Crippen molar-refractivity contribution in [2.24, 2.45) is 5.92 Å². The van der Waals surface area contributed by atoms with Crippen LogP contribution in [0.25, 0.3) is 0 Å². The summed E-state index contributed by atoms with van der Waals surface area (Å²) in [7, 11) is 0. The third-order valence-electron chi connectivity index (χ3n) is 4.55. The summed E-state index contributed by atoms with van der Waals surface area (Å²) in [5, 5.41) is 9.99. The van der Waals surface area contributed by atoms with Gasteiger partial charge in [0.15, 0.2) is 0 Å². The van der Waals surface area contributed by atoms with Gasteiger partial charge in [0.2, 0.25) is 0 Å². The van der Waals surface area contributed by atoms with Crippen LogP contribution in [0.4, 0.5) is 0 Å². The zero-order valence-corrected chi connectivity index (χ0v) is 14.0. The normalized spacial score (nSPS) is 27.4. The highest BCUT2D eigenvalue weighted by Gasteiger charge is 2.40. The van der Waals surface area contributed by atoms with Gasteiger partial charge in [-0.1, -0.05) is 6.07 Å². The van der Waals surface area contributed by atoms with Gasteiger partial charge in [0, 0.05) is 28.0 Å². The van der Waals surface area contributed by atoms with E-state index in [1.807, 2.05) is 11.3 Å². The Morgan fingerprint density at radius 3 is 2.35 bits per heavy atom. The van der Waals surface area contributed by atoms with Crippen molar-refractivity contribution in [3.63, 3.8) is 0 Å². The van der Waals surface area contributed by atoms with Gasteiger partial charge < -0.3 is 10.6 Å². The molecule has 2 heterocycles. The summed E-state index contributed by atoms with van der Waals surface area (Å²) in [6, 6.07) is 5.70. The topological polar surface area (TPSA) is 24.1 Å². The monoisotopic (exact) mass is 292 g/mol. The van der Waals surface area contributed by atoms with E-state index in [2.05, 4.69) is 55.8 Å². The van der Waals surface area contributed by atoms with Gasteiger partial charge in [0.1, 0.15) is 0 Å². The molecule has 0 radical (unpaired) electrons. The molecule has 2 aliphatic rings. The Balaban J connectivity index is 1.72. The number of thiophene rings is 1. The first kappa shape index (κ1) is 14.6. The van der Waals surface area contributed by atoms with Crippen molar-refractivity contribution in [1.82, 2.24) is 10.6 Å². The number of hydrogen-bond donors (Lipinski definition) is 2. The molecule has 0 bridgehead atoms. The number of piperidine rings is 1. The third-order valence-corrected chi connectivity index (χ3v) is 5.50. The molecule has 0 aromatic carbocycles. The molecule has 0 spiro atoms. The standard InChI is InChI=1S/C17H28N2S/c1-16(2)10-13(11-17(3,4)19-16)18-15(12-7-8-12)14-6-5-9-20-14/h5-6,9,12-13,15,18-19H,7-8,10-11H2,1-4H3. The largest absolute Gasteiger partial charge is 0.307 e. The van der Waals surface area contributed by atoms with E-state index >= 15 is 0 Å². The summed E-state index contributed by atoms with van der Waals surface area (Å²) >= 11 is 1.91. The van der Waals surface area contributed by atoms with Crippen LogP contribution in [-0.4, -0.2) is 17.1 Å². The van der Waals surface area contributed by atoms with Gasteiger partial charge >= 0.3 is 0 Å². The predicted octanol–water partition coefficient (Wildman–Crippen LogP) is 4.10. The van der Waals surface area contributed by atoms with E-state index in [1.54, 1.807) is 0 Å². The summed E-state index contributed by atoms with van der Waals surface area (Å²) in [6.07, 6.45) is 5.22. The molecule has 1 unspecified atom stereocenters. The summed E-state index contributed by atoms with van der Waals surface area (Å²) in [4.78, 5) is 1.53. The van der Waals surface area contributed by atoms with Gasteiger partial charge in [0.25, 0.3) is 0 Å². The summed E-state index contributed by atoms with van der Waals surface area (Å²) < 4.78 is 0. The van der Waals surface area contributed by atoms with Gasteiger partial charge in [-0.15, -0.1) is 11.3 Å². The highest BCUT2D eigenvalue weighted by atomic mass is 32.1. The van der Waals surface area contributed by atoms with Crippen molar-refractivity contribution in [2.75, 3.05) is 0 Å². The zero-order valence-electron chi connectivity index (χ0n) is 13.2. The Hall–Kier alpha value is -0.380. The lowest BCUT2D eigenvalue weighted by atomic mass is 9.79. The quantitative estimate of drug-likeness (QED) is 0.873. The van der Waals surface area contributed by atoms with Crippen molar-refractivity contribution in [2.45, 2.75) is 76.5 Å². The van der Waals surface area contributed by atoms with Crippen molar-refractivity contribution < 1.29 is 0 Å². The molecule has 1 aliphatic heterocycles. The first-order valence-corrected chi connectivity index (χ1v) is 8.81. The molecule has 112 valence electrons. The molecular formula is C17H28N2S. The Kier molecular flexibility index (Phi) is 3.72. The highest BCUT2D eigenvalue weighted by Crippen LogP contribution is 2.43. The van der Waals surface area contributed by atoms with Gasteiger partial charge in [0.05, 0.1) is 0 Å². The molecule has 0 amide bonds. The van der Waals surface area contributed by atoms with Crippen molar-refractivity contribution >= 4 is 11.3 Å². The van der Waals surface area contributed by atoms with Crippen molar-refractivity contribution in [3.8, 4) is 0 Å². The molecule has 1 aromatic rings. The lowest BCUT2D eigenvalue weighted by Crippen LogP contribution is -2.61. The molecule has 20 heavy (non-hydrogen) atoms. The van der Waals surface area contributed by atoms with Crippen LogP contribution >= 0.6 is 11.3 Å². The smallest absolute Gasteiger partial charge is 0.0445 e. The first-order valence-electron chi connectivity index (χ1n) is 7.93. The number of rotatable bonds is 4.